The van der Waals surface area contributed by atoms with Crippen LogP contribution in [-0.2, 0) is 11.3 Å². The Balaban J connectivity index is 1.95. The van der Waals surface area contributed by atoms with Crippen LogP contribution in [0.25, 0.3) is 0 Å². The Morgan fingerprint density at radius 1 is 1.62 bits per heavy atom. The number of carbonyl (C=O) groups excluding carboxylic acids is 1. The molecule has 1 fully saturated rings. The average molecular weight is 307 g/mol. The highest BCUT2D eigenvalue weighted by Crippen LogP contribution is 2.13. The van der Waals surface area contributed by atoms with Gasteiger partial charge in [0.05, 0.1) is 13.1 Å². The number of hydrogen-bond donors (Lipinski definition) is 1. The summed E-state index contributed by atoms with van der Waals surface area (Å²) in [5.41, 5.74) is 0. The molecule has 0 bridgehead atoms. The fourth-order valence-electron chi connectivity index (χ4n) is 2.59. The first-order valence-electron chi connectivity index (χ1n) is 7.48. The molecule has 116 valence electrons. The van der Waals surface area contributed by atoms with Crippen molar-refractivity contribution >= 4 is 17.2 Å². The van der Waals surface area contributed by atoms with E-state index in [1.165, 1.54) is 4.88 Å². The number of nitrogens with zero attached hydrogens (tertiary/aromatic N) is 2. The molecule has 1 N–H and O–H groups in total. The molecule has 2 heterocycles. The second-order valence-corrected chi connectivity index (χ2v) is 6.76. The summed E-state index contributed by atoms with van der Waals surface area (Å²) >= 11 is 1.69. The fourth-order valence-corrected chi connectivity index (χ4v) is 3.31. The molecule has 1 aromatic heterocycles. The monoisotopic (exact) mass is 307 g/mol. The number of hydrogen-bond acceptors (Lipinski definition) is 4. The van der Waals surface area contributed by atoms with Crippen molar-refractivity contribution in [3.63, 3.8) is 0 Å². The molecule has 21 heavy (non-hydrogen) atoms. The van der Waals surface area contributed by atoms with E-state index in [-0.39, 0.29) is 5.91 Å². The maximum absolute atomic E-state index is 12.6. The molecular formula is C16H25N3OS. The Morgan fingerprint density at radius 2 is 2.43 bits per heavy atom. The van der Waals surface area contributed by atoms with Gasteiger partial charge in [-0.3, -0.25) is 9.69 Å². The van der Waals surface area contributed by atoms with Crippen LogP contribution in [0.5, 0.6) is 0 Å². The number of nitrogens with one attached hydrogen (secondary N) is 1. The lowest BCUT2D eigenvalue weighted by molar-refractivity contribution is -0.133. The quantitative estimate of drug-likeness (QED) is 0.816. The molecule has 1 amide bonds. The van der Waals surface area contributed by atoms with Crippen molar-refractivity contribution in [2.24, 2.45) is 0 Å². The molecule has 2 rings (SSSR count). The number of thiophene rings is 1. The molecule has 2 atom stereocenters. The maximum atomic E-state index is 12.6. The molecule has 0 spiro atoms. The Kier molecular flexibility index (Phi) is 5.96. The van der Waals surface area contributed by atoms with Crippen molar-refractivity contribution in [1.29, 1.82) is 0 Å². The maximum Gasteiger partial charge on any atom is 0.237 e. The number of carbonyl (C=O) groups is 1. The summed E-state index contributed by atoms with van der Waals surface area (Å²) in [6.45, 7) is 11.8. The first-order valence-corrected chi connectivity index (χ1v) is 8.36. The van der Waals surface area contributed by atoms with Crippen molar-refractivity contribution in [2.75, 3.05) is 26.2 Å². The van der Waals surface area contributed by atoms with Crippen molar-refractivity contribution in [1.82, 2.24) is 15.1 Å². The van der Waals surface area contributed by atoms with Crippen LogP contribution in [0.3, 0.4) is 0 Å². The topological polar surface area (TPSA) is 35.6 Å². The van der Waals surface area contributed by atoms with Crippen LogP contribution in [0.15, 0.2) is 30.2 Å². The van der Waals surface area contributed by atoms with E-state index < -0.39 is 0 Å². The Morgan fingerprint density at radius 3 is 3.10 bits per heavy atom. The second kappa shape index (κ2) is 7.73. The van der Waals surface area contributed by atoms with Crippen LogP contribution in [0, 0.1) is 0 Å². The van der Waals surface area contributed by atoms with Gasteiger partial charge in [0.1, 0.15) is 0 Å². The minimum absolute atomic E-state index is 0.184. The van der Waals surface area contributed by atoms with Gasteiger partial charge in [0.2, 0.25) is 5.91 Å². The van der Waals surface area contributed by atoms with E-state index in [1.807, 2.05) is 16.3 Å². The van der Waals surface area contributed by atoms with Crippen molar-refractivity contribution in [3.8, 4) is 0 Å². The van der Waals surface area contributed by atoms with E-state index in [4.69, 9.17) is 0 Å². The first-order chi connectivity index (χ1) is 10.1. The molecule has 0 aliphatic carbocycles. The standard InChI is InChI=1S/C16H25N3OS/c1-4-7-18(11-15-6-5-8-21-15)16(20)12-19-10-13(2)17-9-14(19)3/h4-6,8,13-14,17H,1,7,9-12H2,2-3H3. The normalized spacial score (nSPS) is 23.0. The van der Waals surface area contributed by atoms with Gasteiger partial charge in [-0.25, -0.2) is 0 Å². The van der Waals surface area contributed by atoms with Crippen molar-refractivity contribution in [2.45, 2.75) is 32.5 Å². The van der Waals surface area contributed by atoms with Crippen LogP contribution < -0.4 is 5.32 Å². The minimum Gasteiger partial charge on any atom is -0.333 e. The predicted molar refractivity (Wildman–Crippen MR) is 88.4 cm³/mol. The van der Waals surface area contributed by atoms with Gasteiger partial charge in [-0.1, -0.05) is 12.1 Å². The summed E-state index contributed by atoms with van der Waals surface area (Å²) in [4.78, 5) is 18.0. The predicted octanol–water partition coefficient (Wildman–Crippen LogP) is 1.94. The van der Waals surface area contributed by atoms with E-state index in [9.17, 15) is 4.79 Å². The Labute approximate surface area is 131 Å². The SMILES string of the molecule is C=CCN(Cc1cccs1)C(=O)CN1CC(C)NCC1C. The second-order valence-electron chi connectivity index (χ2n) is 5.73. The molecule has 2 unspecified atom stereocenters. The molecule has 0 radical (unpaired) electrons. The van der Waals surface area contributed by atoms with Gasteiger partial charge in [-0.05, 0) is 25.3 Å². The first kappa shape index (κ1) is 16.2. The smallest absolute Gasteiger partial charge is 0.237 e. The van der Waals surface area contributed by atoms with Gasteiger partial charge in [-0.15, -0.1) is 17.9 Å². The lowest BCUT2D eigenvalue weighted by Crippen LogP contribution is -2.56. The zero-order valence-electron chi connectivity index (χ0n) is 12.9. The van der Waals surface area contributed by atoms with Crippen LogP contribution in [-0.4, -0.2) is 54.0 Å². The lowest BCUT2D eigenvalue weighted by atomic mass is 10.1. The molecular weight excluding hydrogens is 282 g/mol. The van der Waals surface area contributed by atoms with Gasteiger partial charge < -0.3 is 10.2 Å². The summed E-state index contributed by atoms with van der Waals surface area (Å²) in [6.07, 6.45) is 1.80. The highest BCUT2D eigenvalue weighted by molar-refractivity contribution is 7.09. The third-order valence-electron chi connectivity index (χ3n) is 3.86. The van der Waals surface area contributed by atoms with Crippen LogP contribution >= 0.6 is 11.3 Å². The van der Waals surface area contributed by atoms with E-state index in [2.05, 4.69) is 36.7 Å². The third kappa shape index (κ3) is 4.66. The highest BCUT2D eigenvalue weighted by Gasteiger charge is 2.25. The Hall–Kier alpha value is -1.17. The van der Waals surface area contributed by atoms with Crippen LogP contribution in [0.4, 0.5) is 0 Å². The number of piperazine rings is 1. The van der Waals surface area contributed by atoms with Crippen molar-refractivity contribution < 1.29 is 4.79 Å². The minimum atomic E-state index is 0.184. The highest BCUT2D eigenvalue weighted by atomic mass is 32.1. The molecule has 1 saturated heterocycles. The molecule has 0 aromatic carbocycles. The van der Waals surface area contributed by atoms with E-state index >= 15 is 0 Å². The van der Waals surface area contributed by atoms with E-state index in [1.54, 1.807) is 17.4 Å². The molecule has 1 aliphatic heterocycles. The summed E-state index contributed by atoms with van der Waals surface area (Å²) in [6, 6.07) is 4.94. The van der Waals surface area contributed by atoms with Gasteiger partial charge >= 0.3 is 0 Å². The van der Waals surface area contributed by atoms with E-state index in [0.717, 1.165) is 13.1 Å². The number of amides is 1. The number of rotatable bonds is 6. The van der Waals surface area contributed by atoms with E-state index in [0.29, 0.717) is 31.7 Å². The lowest BCUT2D eigenvalue weighted by Gasteiger charge is -2.38. The zero-order valence-corrected chi connectivity index (χ0v) is 13.7. The largest absolute Gasteiger partial charge is 0.333 e. The zero-order chi connectivity index (χ0) is 15.2. The summed E-state index contributed by atoms with van der Waals surface area (Å²) < 4.78 is 0. The van der Waals surface area contributed by atoms with Gasteiger partial charge in [0.15, 0.2) is 0 Å². The molecule has 1 aromatic rings. The van der Waals surface area contributed by atoms with Gasteiger partial charge in [-0.2, -0.15) is 0 Å². The summed E-state index contributed by atoms with van der Waals surface area (Å²) in [5, 5.41) is 5.49. The van der Waals surface area contributed by atoms with Gasteiger partial charge in [0.25, 0.3) is 0 Å². The van der Waals surface area contributed by atoms with Gasteiger partial charge in [0, 0.05) is 36.6 Å². The van der Waals surface area contributed by atoms with Crippen molar-refractivity contribution in [3.05, 3.63) is 35.0 Å². The molecule has 1 aliphatic rings. The average Bonchev–Trinajstić information content (AvgIpc) is 2.95. The molecule has 0 saturated carbocycles. The van der Waals surface area contributed by atoms with Crippen LogP contribution in [0.1, 0.15) is 18.7 Å². The Bertz CT molecular complexity index is 460. The third-order valence-corrected chi connectivity index (χ3v) is 4.72. The fraction of sp³-hybridized carbons (Fsp3) is 0.562. The summed E-state index contributed by atoms with van der Waals surface area (Å²) in [7, 11) is 0. The van der Waals surface area contributed by atoms with Crippen LogP contribution in [0.2, 0.25) is 0 Å². The summed E-state index contributed by atoms with van der Waals surface area (Å²) in [5.74, 6) is 0.184. The molecule has 4 nitrogen and oxygen atoms in total. The molecule has 5 heteroatoms.